The molecule has 4 N–H and O–H groups in total. The van der Waals surface area contributed by atoms with Crippen LogP contribution in [0.2, 0.25) is 0 Å². The second kappa shape index (κ2) is 5.36. The molecule has 0 aromatic carbocycles. The van der Waals surface area contributed by atoms with Crippen LogP contribution in [-0.4, -0.2) is 11.0 Å². The summed E-state index contributed by atoms with van der Waals surface area (Å²) < 4.78 is 0. The summed E-state index contributed by atoms with van der Waals surface area (Å²) in [5.74, 6) is 8.53. The van der Waals surface area contributed by atoms with Gasteiger partial charge >= 0.3 is 0 Å². The van der Waals surface area contributed by atoms with Crippen molar-refractivity contribution in [2.24, 2.45) is 17.7 Å². The normalized spacial score (nSPS) is 28.8. The van der Waals surface area contributed by atoms with Gasteiger partial charge in [-0.25, -0.2) is 10.8 Å². The van der Waals surface area contributed by atoms with Crippen molar-refractivity contribution in [1.29, 1.82) is 0 Å². The van der Waals surface area contributed by atoms with Crippen LogP contribution >= 0.6 is 0 Å². The summed E-state index contributed by atoms with van der Waals surface area (Å²) in [6.07, 6.45) is 3.83. The van der Waals surface area contributed by atoms with Crippen LogP contribution in [0.4, 0.5) is 11.6 Å². The Morgan fingerprint density at radius 1 is 1.24 bits per heavy atom. The molecule has 1 saturated carbocycles. The summed E-state index contributed by atoms with van der Waals surface area (Å²) in [6, 6.07) is 6.34. The van der Waals surface area contributed by atoms with Gasteiger partial charge in [0.05, 0.1) is 0 Å². The van der Waals surface area contributed by atoms with Crippen molar-refractivity contribution in [1.82, 2.24) is 4.98 Å². The quantitative estimate of drug-likeness (QED) is 0.555. The lowest BCUT2D eigenvalue weighted by Crippen LogP contribution is -2.33. The average Bonchev–Trinajstić information content (AvgIpc) is 2.33. The van der Waals surface area contributed by atoms with Crippen LogP contribution in [0.3, 0.4) is 0 Å². The topological polar surface area (TPSA) is 63.0 Å². The Labute approximate surface area is 103 Å². The first-order chi connectivity index (χ1) is 8.19. The third kappa shape index (κ3) is 3.09. The molecule has 1 aromatic rings. The summed E-state index contributed by atoms with van der Waals surface area (Å²) in [6.45, 7) is 4.66. The first-order valence-electron chi connectivity index (χ1n) is 6.39. The van der Waals surface area contributed by atoms with E-state index in [1.807, 2.05) is 18.2 Å². The maximum atomic E-state index is 5.36. The maximum Gasteiger partial charge on any atom is 0.142 e. The van der Waals surface area contributed by atoms with E-state index in [-0.39, 0.29) is 0 Å². The molecular formula is C13H22N4. The van der Waals surface area contributed by atoms with E-state index in [1.165, 1.54) is 19.3 Å². The van der Waals surface area contributed by atoms with Gasteiger partial charge in [-0.05, 0) is 43.2 Å². The van der Waals surface area contributed by atoms with E-state index in [2.05, 4.69) is 29.6 Å². The fourth-order valence-corrected chi connectivity index (χ4v) is 2.67. The zero-order valence-corrected chi connectivity index (χ0v) is 10.6. The Hall–Kier alpha value is -1.29. The highest BCUT2D eigenvalue weighted by atomic mass is 15.3. The molecule has 17 heavy (non-hydrogen) atoms. The highest BCUT2D eigenvalue weighted by Crippen LogP contribution is 2.30. The second-order valence-corrected chi connectivity index (χ2v) is 5.20. The molecule has 0 spiro atoms. The van der Waals surface area contributed by atoms with Crippen molar-refractivity contribution in [3.63, 3.8) is 0 Å². The molecule has 4 nitrogen and oxygen atoms in total. The zero-order valence-electron chi connectivity index (χ0n) is 10.6. The van der Waals surface area contributed by atoms with Crippen molar-refractivity contribution < 1.29 is 0 Å². The number of nitrogens with one attached hydrogen (secondary N) is 2. The van der Waals surface area contributed by atoms with Gasteiger partial charge in [0.1, 0.15) is 11.6 Å². The van der Waals surface area contributed by atoms with E-state index in [9.17, 15) is 0 Å². The molecule has 0 aliphatic heterocycles. The Kier molecular flexibility index (Phi) is 3.84. The number of rotatable bonds is 3. The predicted octanol–water partition coefficient (Wildman–Crippen LogP) is 2.60. The second-order valence-electron chi connectivity index (χ2n) is 5.20. The number of hydrogen-bond acceptors (Lipinski definition) is 4. The van der Waals surface area contributed by atoms with Crippen LogP contribution in [-0.2, 0) is 0 Å². The summed E-state index contributed by atoms with van der Waals surface area (Å²) in [4.78, 5) is 4.39. The Balaban J connectivity index is 2.00. The van der Waals surface area contributed by atoms with Gasteiger partial charge in [0.15, 0.2) is 0 Å². The molecule has 0 bridgehead atoms. The molecule has 1 aliphatic rings. The molecule has 1 aromatic heterocycles. The Morgan fingerprint density at radius 2 is 2.00 bits per heavy atom. The van der Waals surface area contributed by atoms with Gasteiger partial charge in [-0.2, -0.15) is 0 Å². The van der Waals surface area contributed by atoms with E-state index >= 15 is 0 Å². The number of nitrogens with zero attached hydrogens (tertiary/aromatic N) is 1. The molecule has 3 unspecified atom stereocenters. The lowest BCUT2D eigenvalue weighted by Gasteiger charge is -2.33. The molecule has 0 amide bonds. The molecule has 94 valence electrons. The fourth-order valence-electron chi connectivity index (χ4n) is 2.67. The summed E-state index contributed by atoms with van der Waals surface area (Å²) in [7, 11) is 0. The number of nitrogens with two attached hydrogens (primary N) is 1. The first-order valence-corrected chi connectivity index (χ1v) is 6.39. The van der Waals surface area contributed by atoms with Crippen LogP contribution in [0, 0.1) is 11.8 Å². The van der Waals surface area contributed by atoms with Crippen molar-refractivity contribution >= 4 is 11.6 Å². The molecule has 4 heteroatoms. The van der Waals surface area contributed by atoms with Crippen molar-refractivity contribution in [2.75, 3.05) is 10.7 Å². The molecule has 2 rings (SSSR count). The first kappa shape index (κ1) is 12.2. The molecule has 1 fully saturated rings. The third-order valence-corrected chi connectivity index (χ3v) is 3.66. The minimum atomic E-state index is 0.534. The van der Waals surface area contributed by atoms with Gasteiger partial charge in [-0.1, -0.05) is 19.9 Å². The smallest absolute Gasteiger partial charge is 0.142 e. The van der Waals surface area contributed by atoms with E-state index in [4.69, 9.17) is 5.84 Å². The summed E-state index contributed by atoms with van der Waals surface area (Å²) in [5.41, 5.74) is 2.57. The number of aromatic nitrogens is 1. The average molecular weight is 234 g/mol. The highest BCUT2D eigenvalue weighted by molar-refractivity contribution is 5.45. The van der Waals surface area contributed by atoms with Gasteiger partial charge in [-0.3, -0.25) is 0 Å². The van der Waals surface area contributed by atoms with Gasteiger partial charge in [0, 0.05) is 6.04 Å². The molecule has 0 radical (unpaired) electrons. The minimum absolute atomic E-state index is 0.534. The summed E-state index contributed by atoms with van der Waals surface area (Å²) in [5, 5.41) is 3.52. The van der Waals surface area contributed by atoms with Crippen LogP contribution < -0.4 is 16.6 Å². The third-order valence-electron chi connectivity index (χ3n) is 3.66. The number of pyridine rings is 1. The Bertz CT molecular complexity index is 366. The predicted molar refractivity (Wildman–Crippen MR) is 71.6 cm³/mol. The number of hydrazine groups is 1. The lowest BCUT2D eigenvalue weighted by atomic mass is 9.80. The summed E-state index contributed by atoms with van der Waals surface area (Å²) >= 11 is 0. The van der Waals surface area contributed by atoms with E-state index in [0.717, 1.165) is 11.7 Å². The lowest BCUT2D eigenvalue weighted by molar-refractivity contribution is 0.276. The largest absolute Gasteiger partial charge is 0.367 e. The number of anilines is 2. The van der Waals surface area contributed by atoms with E-state index in [0.29, 0.717) is 17.8 Å². The van der Waals surface area contributed by atoms with Crippen molar-refractivity contribution in [3.8, 4) is 0 Å². The molecule has 1 heterocycles. The van der Waals surface area contributed by atoms with Crippen LogP contribution in [0.15, 0.2) is 18.2 Å². The fraction of sp³-hybridized carbons (Fsp3) is 0.615. The van der Waals surface area contributed by atoms with E-state index < -0.39 is 0 Å². The molecule has 3 atom stereocenters. The zero-order chi connectivity index (χ0) is 12.3. The van der Waals surface area contributed by atoms with Crippen LogP contribution in [0.25, 0.3) is 0 Å². The van der Waals surface area contributed by atoms with Crippen molar-refractivity contribution in [3.05, 3.63) is 18.2 Å². The number of hydrogen-bond donors (Lipinski definition) is 3. The van der Waals surface area contributed by atoms with Gasteiger partial charge in [0.2, 0.25) is 0 Å². The molecule has 0 saturated heterocycles. The van der Waals surface area contributed by atoms with Crippen molar-refractivity contribution in [2.45, 2.75) is 39.2 Å². The molecule has 1 aliphatic carbocycles. The van der Waals surface area contributed by atoms with Gasteiger partial charge in [-0.15, -0.1) is 0 Å². The van der Waals surface area contributed by atoms with Crippen LogP contribution in [0.1, 0.15) is 33.1 Å². The van der Waals surface area contributed by atoms with E-state index in [1.54, 1.807) is 0 Å². The minimum Gasteiger partial charge on any atom is -0.367 e. The van der Waals surface area contributed by atoms with Gasteiger partial charge < -0.3 is 10.7 Å². The van der Waals surface area contributed by atoms with Crippen LogP contribution in [0.5, 0.6) is 0 Å². The molecular weight excluding hydrogens is 212 g/mol. The standard InChI is InChI=1S/C13H22N4/c1-9-6-7-11(10(2)8-9)15-12-4-3-5-13(16-12)17-14/h3-5,9-11H,6-8,14H2,1-2H3,(H2,15,16,17). The Morgan fingerprint density at radius 3 is 2.71 bits per heavy atom. The highest BCUT2D eigenvalue weighted by Gasteiger charge is 2.25. The number of nitrogen functional groups attached to an aromatic ring is 1. The SMILES string of the molecule is CC1CCC(Nc2cccc(NN)n2)C(C)C1. The maximum absolute atomic E-state index is 5.36. The monoisotopic (exact) mass is 234 g/mol. The van der Waals surface area contributed by atoms with Gasteiger partial charge in [0.25, 0.3) is 0 Å².